The minimum atomic E-state index is -4.40. The normalized spacial score (nSPS) is 17.1. The average molecular weight is 514 g/mol. The molecule has 1 aliphatic heterocycles. The van der Waals surface area contributed by atoms with Gasteiger partial charge in [-0.1, -0.05) is 0 Å². The molecule has 5 nitrogen and oxygen atoms in total. The van der Waals surface area contributed by atoms with Crippen LogP contribution in [0.1, 0.15) is 12.0 Å². The zero-order chi connectivity index (χ0) is 20.8. The fourth-order valence-corrected chi connectivity index (χ4v) is 4.12. The van der Waals surface area contributed by atoms with E-state index >= 15 is 0 Å². The molecular formula is C20H18F3IN4O. The average Bonchev–Trinajstić information content (AvgIpc) is 3.10. The molecule has 0 bridgehead atoms. The number of pyridine rings is 1. The van der Waals surface area contributed by atoms with E-state index < -0.39 is 11.7 Å². The number of nitrogens with one attached hydrogen (secondary N) is 2. The Morgan fingerprint density at radius 1 is 1.21 bits per heavy atom. The number of anilines is 3. The molecule has 29 heavy (non-hydrogen) atoms. The molecule has 0 saturated carbocycles. The van der Waals surface area contributed by atoms with Crippen molar-refractivity contribution >= 4 is 50.4 Å². The van der Waals surface area contributed by atoms with Crippen molar-refractivity contribution in [3.63, 3.8) is 0 Å². The minimum Gasteiger partial charge on any atom is -0.370 e. The Morgan fingerprint density at radius 3 is 2.55 bits per heavy atom. The molecule has 2 aromatic carbocycles. The number of H-pyrrole nitrogens is 1. The highest BCUT2D eigenvalue weighted by Crippen LogP contribution is 2.34. The minimum absolute atomic E-state index is 0.0928. The van der Waals surface area contributed by atoms with Crippen LogP contribution in [0.5, 0.6) is 0 Å². The lowest BCUT2D eigenvalue weighted by Gasteiger charge is -2.21. The smallest absolute Gasteiger partial charge is 0.370 e. The number of fused-ring (bicyclic) bond motifs is 1. The molecule has 1 fully saturated rings. The molecule has 0 radical (unpaired) electrons. The number of nitrogens with zero attached hydrogens (tertiary/aromatic N) is 1. The van der Waals surface area contributed by atoms with Crippen LogP contribution in [0.4, 0.5) is 30.2 Å². The van der Waals surface area contributed by atoms with E-state index in [0.29, 0.717) is 23.3 Å². The van der Waals surface area contributed by atoms with E-state index in [0.717, 1.165) is 39.7 Å². The third-order valence-electron chi connectivity index (χ3n) is 5.02. The SMILES string of the molecule is NC1CCN(c2cc(Nc3ccc(C(F)(F)F)cc3)c3c(=O)[nH]cc(I)c3c2)C1. The van der Waals surface area contributed by atoms with Crippen molar-refractivity contribution in [2.75, 3.05) is 23.3 Å². The van der Waals surface area contributed by atoms with Gasteiger partial charge >= 0.3 is 6.18 Å². The Bertz CT molecular complexity index is 1110. The number of nitrogens with two attached hydrogens (primary N) is 1. The number of rotatable bonds is 3. The molecule has 9 heteroatoms. The van der Waals surface area contributed by atoms with E-state index in [1.807, 2.05) is 12.1 Å². The predicted molar refractivity (Wildman–Crippen MR) is 117 cm³/mol. The first kappa shape index (κ1) is 20.0. The second-order valence-corrected chi connectivity index (χ2v) is 8.24. The van der Waals surface area contributed by atoms with Crippen molar-refractivity contribution in [3.8, 4) is 0 Å². The van der Waals surface area contributed by atoms with Gasteiger partial charge < -0.3 is 20.9 Å². The van der Waals surface area contributed by atoms with Gasteiger partial charge in [-0.15, -0.1) is 0 Å². The van der Waals surface area contributed by atoms with Crippen molar-refractivity contribution in [1.29, 1.82) is 0 Å². The largest absolute Gasteiger partial charge is 0.416 e. The van der Waals surface area contributed by atoms with Gasteiger partial charge in [-0.3, -0.25) is 4.79 Å². The van der Waals surface area contributed by atoms with Crippen LogP contribution in [-0.2, 0) is 6.18 Å². The summed E-state index contributed by atoms with van der Waals surface area (Å²) in [7, 11) is 0. The predicted octanol–water partition coefficient (Wildman–Crippen LogP) is 4.43. The number of aromatic amines is 1. The molecule has 0 spiro atoms. The van der Waals surface area contributed by atoms with Crippen molar-refractivity contribution in [3.05, 3.63) is 62.1 Å². The van der Waals surface area contributed by atoms with E-state index in [2.05, 4.69) is 37.8 Å². The van der Waals surface area contributed by atoms with E-state index in [9.17, 15) is 18.0 Å². The fraction of sp³-hybridized carbons (Fsp3) is 0.250. The monoisotopic (exact) mass is 514 g/mol. The highest BCUT2D eigenvalue weighted by atomic mass is 127. The number of benzene rings is 2. The third-order valence-corrected chi connectivity index (χ3v) is 5.91. The van der Waals surface area contributed by atoms with E-state index in [4.69, 9.17) is 5.73 Å². The van der Waals surface area contributed by atoms with Crippen molar-refractivity contribution < 1.29 is 13.2 Å². The van der Waals surface area contributed by atoms with Gasteiger partial charge in [0.05, 0.1) is 16.6 Å². The first-order chi connectivity index (χ1) is 13.7. The van der Waals surface area contributed by atoms with Crippen LogP contribution in [0.15, 0.2) is 47.4 Å². The number of aromatic nitrogens is 1. The zero-order valence-corrected chi connectivity index (χ0v) is 17.3. The van der Waals surface area contributed by atoms with Gasteiger partial charge in [0.25, 0.3) is 5.56 Å². The van der Waals surface area contributed by atoms with E-state index in [1.54, 1.807) is 6.20 Å². The molecule has 4 rings (SSSR count). The Labute approximate surface area is 178 Å². The second-order valence-electron chi connectivity index (χ2n) is 7.08. The molecule has 1 aliphatic rings. The summed E-state index contributed by atoms with van der Waals surface area (Å²) in [5.41, 5.74) is 6.97. The Kier molecular flexibility index (Phi) is 5.19. The molecule has 0 amide bonds. The summed E-state index contributed by atoms with van der Waals surface area (Å²) in [4.78, 5) is 17.4. The lowest BCUT2D eigenvalue weighted by Crippen LogP contribution is -2.26. The molecule has 0 aliphatic carbocycles. The number of alkyl halides is 3. The van der Waals surface area contributed by atoms with Crippen molar-refractivity contribution in [1.82, 2.24) is 4.98 Å². The summed E-state index contributed by atoms with van der Waals surface area (Å²) in [5.74, 6) is 0. The van der Waals surface area contributed by atoms with Crippen molar-refractivity contribution in [2.24, 2.45) is 5.73 Å². The van der Waals surface area contributed by atoms with Crippen LogP contribution in [0.3, 0.4) is 0 Å². The van der Waals surface area contributed by atoms with Crippen LogP contribution in [0.2, 0.25) is 0 Å². The molecule has 1 aromatic heterocycles. The quantitative estimate of drug-likeness (QED) is 0.453. The van der Waals surface area contributed by atoms with E-state index in [1.165, 1.54) is 12.1 Å². The third kappa shape index (κ3) is 4.06. The van der Waals surface area contributed by atoms with Crippen LogP contribution < -0.4 is 21.5 Å². The summed E-state index contributed by atoms with van der Waals surface area (Å²) in [5, 5.41) is 4.36. The van der Waals surface area contributed by atoms with Crippen LogP contribution in [0, 0.1) is 3.57 Å². The molecule has 1 atom stereocenters. The highest BCUT2D eigenvalue weighted by Gasteiger charge is 2.30. The topological polar surface area (TPSA) is 74.2 Å². The molecule has 1 unspecified atom stereocenters. The van der Waals surface area contributed by atoms with Gasteiger partial charge in [-0.05, 0) is 65.4 Å². The van der Waals surface area contributed by atoms with Gasteiger partial charge in [0, 0.05) is 45.7 Å². The second kappa shape index (κ2) is 7.52. The molecule has 2 heterocycles. The Hall–Kier alpha value is -2.27. The van der Waals surface area contributed by atoms with Crippen molar-refractivity contribution in [2.45, 2.75) is 18.6 Å². The van der Waals surface area contributed by atoms with Gasteiger partial charge in [-0.2, -0.15) is 13.2 Å². The van der Waals surface area contributed by atoms with E-state index in [-0.39, 0.29) is 11.6 Å². The summed E-state index contributed by atoms with van der Waals surface area (Å²) < 4.78 is 39.4. The maximum atomic E-state index is 12.8. The summed E-state index contributed by atoms with van der Waals surface area (Å²) in [6, 6.07) is 8.65. The molecular weight excluding hydrogens is 496 g/mol. The molecule has 4 N–H and O–H groups in total. The maximum absolute atomic E-state index is 12.8. The van der Waals surface area contributed by atoms with Crippen LogP contribution in [0.25, 0.3) is 10.8 Å². The highest BCUT2D eigenvalue weighted by molar-refractivity contribution is 14.1. The number of halogens is 4. The van der Waals surface area contributed by atoms with Crippen LogP contribution >= 0.6 is 22.6 Å². The van der Waals surface area contributed by atoms with Gasteiger partial charge in [0.2, 0.25) is 0 Å². The van der Waals surface area contributed by atoms with Crippen LogP contribution in [-0.4, -0.2) is 24.1 Å². The standard InChI is InChI=1S/C20H18F3IN4O/c21-20(22,23)11-1-3-13(4-2-11)27-17-8-14(28-6-5-12(25)10-28)7-15-16(24)9-26-19(29)18(15)17/h1-4,7-9,12,27H,5-6,10,25H2,(H,26,29). The summed E-state index contributed by atoms with van der Waals surface area (Å²) in [6.45, 7) is 1.52. The molecule has 152 valence electrons. The first-order valence-corrected chi connectivity index (χ1v) is 10.1. The maximum Gasteiger partial charge on any atom is 0.416 e. The Balaban J connectivity index is 1.79. The van der Waals surface area contributed by atoms with Gasteiger partial charge in [-0.25, -0.2) is 0 Å². The van der Waals surface area contributed by atoms with Gasteiger partial charge in [0.15, 0.2) is 0 Å². The Morgan fingerprint density at radius 2 is 1.93 bits per heavy atom. The summed E-state index contributed by atoms with van der Waals surface area (Å²) >= 11 is 2.15. The first-order valence-electron chi connectivity index (χ1n) is 9.02. The number of hydrogen-bond acceptors (Lipinski definition) is 4. The lowest BCUT2D eigenvalue weighted by molar-refractivity contribution is -0.137. The fourth-order valence-electron chi connectivity index (χ4n) is 3.54. The number of hydrogen-bond donors (Lipinski definition) is 3. The summed E-state index contributed by atoms with van der Waals surface area (Å²) in [6.07, 6.45) is -1.87. The zero-order valence-electron chi connectivity index (χ0n) is 15.2. The van der Waals surface area contributed by atoms with Gasteiger partial charge in [0.1, 0.15) is 0 Å². The molecule has 3 aromatic rings. The molecule has 1 saturated heterocycles. The lowest BCUT2D eigenvalue weighted by atomic mass is 10.1.